The Kier molecular flexibility index (Phi) is 9.35. The van der Waals surface area contributed by atoms with E-state index in [1.165, 1.54) is 11.3 Å². The Labute approximate surface area is 197 Å². The number of carboxylic acid groups (broad SMARTS) is 1. The van der Waals surface area contributed by atoms with Gasteiger partial charge in [0.05, 0.1) is 6.61 Å². The van der Waals surface area contributed by atoms with E-state index in [0.717, 1.165) is 33.2 Å². The van der Waals surface area contributed by atoms with E-state index >= 15 is 0 Å². The maximum atomic E-state index is 12.6. The van der Waals surface area contributed by atoms with Crippen LogP contribution in [0.4, 0.5) is 13.2 Å². The molecule has 180 valence electrons. The zero-order valence-corrected chi connectivity index (χ0v) is 20.4. The van der Waals surface area contributed by atoms with Gasteiger partial charge < -0.3 is 9.84 Å². The molecule has 0 aliphatic heterocycles. The van der Waals surface area contributed by atoms with Crippen LogP contribution in [-0.2, 0) is 4.79 Å². The summed E-state index contributed by atoms with van der Waals surface area (Å²) in [7, 11) is 0. The number of carbonyl (C=O) groups is 1. The van der Waals surface area contributed by atoms with E-state index in [9.17, 15) is 18.0 Å². The molecule has 1 aromatic heterocycles. The number of allylic oxidation sites excluding steroid dienone is 2. The summed E-state index contributed by atoms with van der Waals surface area (Å²) >= 11 is 1.51. The van der Waals surface area contributed by atoms with Crippen molar-refractivity contribution in [3.8, 4) is 16.9 Å². The van der Waals surface area contributed by atoms with Crippen molar-refractivity contribution in [1.82, 2.24) is 0 Å². The SMILES string of the molecule is CC(C=Cc1sccc1-c1cc(C(C)C)cc(C(C)C)c1OCCCC(F)(F)F)=CC(=O)O. The van der Waals surface area contributed by atoms with Gasteiger partial charge in [0.15, 0.2) is 0 Å². The number of hydrogen-bond donors (Lipinski definition) is 1. The minimum absolute atomic E-state index is 0.0248. The average molecular weight is 481 g/mol. The number of alkyl halides is 3. The van der Waals surface area contributed by atoms with Crippen molar-refractivity contribution in [2.45, 2.75) is 65.5 Å². The number of aliphatic carboxylic acids is 1. The summed E-state index contributed by atoms with van der Waals surface area (Å²) in [6.45, 7) is 9.97. The Bertz CT molecular complexity index is 1010. The van der Waals surface area contributed by atoms with E-state index in [1.807, 2.05) is 31.4 Å². The van der Waals surface area contributed by atoms with Crippen molar-refractivity contribution in [3.63, 3.8) is 0 Å². The second kappa shape index (κ2) is 11.5. The third kappa shape index (κ3) is 8.07. The number of hydrogen-bond acceptors (Lipinski definition) is 3. The summed E-state index contributed by atoms with van der Waals surface area (Å²) < 4.78 is 43.8. The molecule has 0 spiro atoms. The molecule has 2 rings (SSSR count). The quantitative estimate of drug-likeness (QED) is 0.211. The molecule has 7 heteroatoms. The van der Waals surface area contributed by atoms with Gasteiger partial charge in [-0.25, -0.2) is 4.79 Å². The summed E-state index contributed by atoms with van der Waals surface area (Å²) in [6.07, 6.45) is -0.467. The van der Waals surface area contributed by atoms with Crippen LogP contribution in [0.3, 0.4) is 0 Å². The van der Waals surface area contributed by atoms with Gasteiger partial charge in [0.2, 0.25) is 0 Å². The first-order chi connectivity index (χ1) is 15.4. The molecule has 0 aliphatic carbocycles. The van der Waals surface area contributed by atoms with E-state index < -0.39 is 18.6 Å². The van der Waals surface area contributed by atoms with Crippen LogP contribution in [0.2, 0.25) is 0 Å². The maximum Gasteiger partial charge on any atom is 0.389 e. The molecule has 2 aromatic rings. The van der Waals surface area contributed by atoms with E-state index in [2.05, 4.69) is 26.0 Å². The number of thiophene rings is 1. The highest BCUT2D eigenvalue weighted by atomic mass is 32.1. The van der Waals surface area contributed by atoms with Crippen LogP contribution in [0, 0.1) is 0 Å². The minimum Gasteiger partial charge on any atom is -0.493 e. The number of carboxylic acids is 1. The predicted octanol–water partition coefficient (Wildman–Crippen LogP) is 8.43. The second-order valence-corrected chi connectivity index (χ2v) is 9.57. The van der Waals surface area contributed by atoms with Crippen molar-refractivity contribution in [2.75, 3.05) is 6.61 Å². The molecule has 0 saturated carbocycles. The fourth-order valence-corrected chi connectivity index (χ4v) is 4.17. The van der Waals surface area contributed by atoms with Crippen LogP contribution in [0.5, 0.6) is 5.75 Å². The smallest absolute Gasteiger partial charge is 0.389 e. The zero-order chi connectivity index (χ0) is 24.8. The standard InChI is InChI=1S/C26H31F3O3S/c1-16(2)19-14-21(17(3)4)25(32-11-6-10-26(27,28)29)22(15-19)20-9-12-33-23(20)8-7-18(5)13-24(30)31/h7-9,12-17H,6,10-11H2,1-5H3,(H,30,31). The van der Waals surface area contributed by atoms with Crippen LogP contribution < -0.4 is 4.74 Å². The third-order valence-corrected chi connectivity index (χ3v) is 6.00. The highest BCUT2D eigenvalue weighted by Crippen LogP contribution is 2.43. The summed E-state index contributed by atoms with van der Waals surface area (Å²) in [5.41, 5.74) is 4.45. The summed E-state index contributed by atoms with van der Waals surface area (Å²) in [6, 6.07) is 6.10. The molecule has 0 amide bonds. The van der Waals surface area contributed by atoms with Gasteiger partial charge in [-0.3, -0.25) is 0 Å². The lowest BCUT2D eigenvalue weighted by molar-refractivity contribution is -0.136. The molecule has 1 N–H and O–H groups in total. The first-order valence-electron chi connectivity index (χ1n) is 10.9. The van der Waals surface area contributed by atoms with Gasteiger partial charge in [0.1, 0.15) is 5.75 Å². The first kappa shape index (κ1) is 26.7. The molecule has 1 heterocycles. The van der Waals surface area contributed by atoms with Crippen molar-refractivity contribution in [2.24, 2.45) is 0 Å². The second-order valence-electron chi connectivity index (χ2n) is 8.62. The number of ether oxygens (including phenoxy) is 1. The molecular weight excluding hydrogens is 449 g/mol. The molecular formula is C26H31F3O3S. The Morgan fingerprint density at radius 2 is 1.85 bits per heavy atom. The van der Waals surface area contributed by atoms with E-state index in [4.69, 9.17) is 9.84 Å². The van der Waals surface area contributed by atoms with Crippen LogP contribution in [0.15, 0.2) is 41.3 Å². The van der Waals surface area contributed by atoms with Crippen molar-refractivity contribution >= 4 is 23.4 Å². The van der Waals surface area contributed by atoms with Gasteiger partial charge in [-0.1, -0.05) is 39.8 Å². The molecule has 0 unspecified atom stereocenters. The van der Waals surface area contributed by atoms with Crippen molar-refractivity contribution < 1.29 is 27.8 Å². The van der Waals surface area contributed by atoms with Gasteiger partial charge in [0, 0.05) is 28.5 Å². The van der Waals surface area contributed by atoms with Crippen LogP contribution in [0.25, 0.3) is 17.2 Å². The highest BCUT2D eigenvalue weighted by molar-refractivity contribution is 7.11. The molecule has 0 aliphatic rings. The molecule has 0 radical (unpaired) electrons. The van der Waals surface area contributed by atoms with Crippen LogP contribution in [-0.4, -0.2) is 23.9 Å². The average Bonchev–Trinajstić information content (AvgIpc) is 3.16. The normalized spacial score (nSPS) is 12.8. The topological polar surface area (TPSA) is 46.5 Å². The van der Waals surface area contributed by atoms with E-state index in [0.29, 0.717) is 11.3 Å². The maximum absolute atomic E-state index is 12.6. The molecule has 3 nitrogen and oxygen atoms in total. The fourth-order valence-electron chi connectivity index (χ4n) is 3.37. The Hall–Kier alpha value is -2.54. The van der Waals surface area contributed by atoms with E-state index in [-0.39, 0.29) is 24.9 Å². The number of halogens is 3. The highest BCUT2D eigenvalue weighted by Gasteiger charge is 2.26. The minimum atomic E-state index is -4.21. The van der Waals surface area contributed by atoms with Crippen LogP contribution >= 0.6 is 11.3 Å². The zero-order valence-electron chi connectivity index (χ0n) is 19.6. The molecule has 1 aromatic carbocycles. The number of benzene rings is 1. The van der Waals surface area contributed by atoms with Gasteiger partial charge in [-0.2, -0.15) is 13.2 Å². The summed E-state index contributed by atoms with van der Waals surface area (Å²) in [5, 5.41) is 10.9. The Morgan fingerprint density at radius 3 is 2.42 bits per heavy atom. The lowest BCUT2D eigenvalue weighted by Gasteiger charge is -2.21. The Balaban J connectivity index is 2.53. The lowest BCUT2D eigenvalue weighted by atomic mass is 9.89. The third-order valence-electron chi connectivity index (χ3n) is 5.11. The van der Waals surface area contributed by atoms with E-state index in [1.54, 1.807) is 13.0 Å². The van der Waals surface area contributed by atoms with Gasteiger partial charge >= 0.3 is 12.1 Å². The summed E-state index contributed by atoms with van der Waals surface area (Å²) in [5.74, 6) is -0.0101. The van der Waals surface area contributed by atoms with Crippen molar-refractivity contribution in [3.05, 3.63) is 57.3 Å². The number of rotatable bonds is 10. The molecule has 0 atom stereocenters. The molecule has 0 saturated heterocycles. The lowest BCUT2D eigenvalue weighted by Crippen LogP contribution is -2.11. The predicted molar refractivity (Wildman–Crippen MR) is 129 cm³/mol. The van der Waals surface area contributed by atoms with Crippen molar-refractivity contribution in [1.29, 1.82) is 0 Å². The largest absolute Gasteiger partial charge is 0.493 e. The van der Waals surface area contributed by atoms with Gasteiger partial charge in [-0.05, 0) is 65.5 Å². The monoisotopic (exact) mass is 480 g/mol. The first-order valence-corrected chi connectivity index (χ1v) is 11.8. The summed E-state index contributed by atoms with van der Waals surface area (Å²) in [4.78, 5) is 11.8. The molecule has 0 fully saturated rings. The van der Waals surface area contributed by atoms with Gasteiger partial charge in [0.25, 0.3) is 0 Å². The Morgan fingerprint density at radius 1 is 1.15 bits per heavy atom. The van der Waals surface area contributed by atoms with Gasteiger partial charge in [-0.15, -0.1) is 11.3 Å². The molecule has 0 bridgehead atoms. The fraction of sp³-hybridized carbons (Fsp3) is 0.423. The molecule has 33 heavy (non-hydrogen) atoms. The van der Waals surface area contributed by atoms with Crippen LogP contribution in [0.1, 0.15) is 75.3 Å².